The Balaban J connectivity index is 2.36. The van der Waals surface area contributed by atoms with Gasteiger partial charge >= 0.3 is 0 Å². The number of nitrogens with zero attached hydrogens (tertiary/aromatic N) is 1. The summed E-state index contributed by atoms with van der Waals surface area (Å²) in [7, 11) is 0. The first-order chi connectivity index (χ1) is 9.41. The van der Waals surface area contributed by atoms with E-state index in [4.69, 9.17) is 9.84 Å². The number of aryl methyl sites for hydroxylation is 1. The summed E-state index contributed by atoms with van der Waals surface area (Å²) in [5.74, 6) is 1.41. The van der Waals surface area contributed by atoms with Crippen molar-refractivity contribution in [1.82, 2.24) is 4.98 Å². The molecule has 106 valence electrons. The van der Waals surface area contributed by atoms with E-state index in [2.05, 4.69) is 31.8 Å². The van der Waals surface area contributed by atoms with Crippen molar-refractivity contribution in [3.05, 3.63) is 53.2 Å². The van der Waals surface area contributed by atoms with E-state index in [0.29, 0.717) is 5.88 Å². The van der Waals surface area contributed by atoms with Gasteiger partial charge in [-0.15, -0.1) is 0 Å². The van der Waals surface area contributed by atoms with Crippen LogP contribution in [0, 0.1) is 6.92 Å². The fraction of sp³-hybridized carbons (Fsp3) is 0.353. The Kier molecular flexibility index (Phi) is 4.09. The first-order valence-corrected chi connectivity index (χ1v) is 6.75. The molecule has 0 radical (unpaired) electrons. The molecule has 0 unspecified atom stereocenters. The fourth-order valence-corrected chi connectivity index (χ4v) is 2.09. The minimum Gasteiger partial charge on any atom is -0.438 e. The highest BCUT2D eigenvalue weighted by atomic mass is 16.5. The van der Waals surface area contributed by atoms with Crippen LogP contribution in [0.2, 0.25) is 0 Å². The van der Waals surface area contributed by atoms with Crippen molar-refractivity contribution in [3.8, 4) is 11.6 Å². The van der Waals surface area contributed by atoms with E-state index in [1.54, 1.807) is 6.20 Å². The number of aliphatic hydroxyl groups is 1. The lowest BCUT2D eigenvalue weighted by Crippen LogP contribution is -2.12. The second-order valence-corrected chi connectivity index (χ2v) is 5.97. The monoisotopic (exact) mass is 271 g/mol. The molecular formula is C17H21NO2. The molecule has 0 atom stereocenters. The highest BCUT2D eigenvalue weighted by Crippen LogP contribution is 2.34. The second kappa shape index (κ2) is 5.63. The van der Waals surface area contributed by atoms with Gasteiger partial charge in [0.25, 0.3) is 0 Å². The zero-order chi connectivity index (χ0) is 14.8. The molecule has 20 heavy (non-hydrogen) atoms. The molecule has 0 bridgehead atoms. The number of para-hydroxylation sites is 1. The van der Waals surface area contributed by atoms with Gasteiger partial charge in [0.2, 0.25) is 5.88 Å². The van der Waals surface area contributed by atoms with Crippen LogP contribution < -0.4 is 4.74 Å². The maximum Gasteiger partial charge on any atom is 0.222 e. The zero-order valence-corrected chi connectivity index (χ0v) is 12.5. The SMILES string of the molecule is Cc1cc(CO)cnc1Oc1ccccc1C(C)(C)C. The Bertz CT molecular complexity index is 600. The molecule has 1 heterocycles. The van der Waals surface area contributed by atoms with Crippen LogP contribution in [0.4, 0.5) is 0 Å². The maximum atomic E-state index is 9.11. The van der Waals surface area contributed by atoms with Gasteiger partial charge in [-0.25, -0.2) is 4.98 Å². The first kappa shape index (κ1) is 14.5. The Morgan fingerprint density at radius 3 is 2.50 bits per heavy atom. The molecule has 1 N–H and O–H groups in total. The molecule has 0 saturated carbocycles. The number of hydrogen-bond donors (Lipinski definition) is 1. The minimum atomic E-state index is -0.00724. The molecule has 0 aliphatic heterocycles. The van der Waals surface area contributed by atoms with E-state index >= 15 is 0 Å². The van der Waals surface area contributed by atoms with Gasteiger partial charge in [0.1, 0.15) is 5.75 Å². The summed E-state index contributed by atoms with van der Waals surface area (Å²) in [6.45, 7) is 8.40. The molecule has 3 heteroatoms. The number of rotatable bonds is 3. The summed E-state index contributed by atoms with van der Waals surface area (Å²) in [4.78, 5) is 4.29. The predicted octanol–water partition coefficient (Wildman–Crippen LogP) is 3.97. The molecule has 1 aromatic carbocycles. The average Bonchev–Trinajstić information content (AvgIpc) is 2.40. The Hall–Kier alpha value is -1.87. The third-order valence-corrected chi connectivity index (χ3v) is 3.17. The topological polar surface area (TPSA) is 42.4 Å². The third kappa shape index (κ3) is 3.17. The molecule has 0 spiro atoms. The maximum absolute atomic E-state index is 9.11. The highest BCUT2D eigenvalue weighted by molar-refractivity contribution is 5.42. The van der Waals surface area contributed by atoms with Gasteiger partial charge in [0, 0.05) is 17.3 Å². The standard InChI is InChI=1S/C17H21NO2/c1-12-9-13(11-19)10-18-16(12)20-15-8-6-5-7-14(15)17(2,3)4/h5-10,19H,11H2,1-4H3. The number of hydrogen-bond acceptors (Lipinski definition) is 3. The van der Waals surface area contributed by atoms with Crippen LogP contribution in [0.3, 0.4) is 0 Å². The summed E-state index contributed by atoms with van der Waals surface area (Å²) < 4.78 is 5.97. The lowest BCUT2D eigenvalue weighted by atomic mass is 9.86. The van der Waals surface area contributed by atoms with Gasteiger partial charge in [0.15, 0.2) is 0 Å². The molecule has 0 aliphatic rings. The van der Waals surface area contributed by atoms with Gasteiger partial charge in [0.05, 0.1) is 6.61 Å². The molecule has 0 saturated heterocycles. The van der Waals surface area contributed by atoms with E-state index in [0.717, 1.165) is 22.4 Å². The van der Waals surface area contributed by atoms with Crippen molar-refractivity contribution in [3.63, 3.8) is 0 Å². The summed E-state index contributed by atoms with van der Waals surface area (Å²) in [5, 5.41) is 9.11. The lowest BCUT2D eigenvalue weighted by Gasteiger charge is -2.22. The van der Waals surface area contributed by atoms with Crippen molar-refractivity contribution in [2.75, 3.05) is 0 Å². The summed E-state index contributed by atoms with van der Waals surface area (Å²) in [5.41, 5.74) is 2.86. The van der Waals surface area contributed by atoms with E-state index in [1.165, 1.54) is 0 Å². The number of ether oxygens (including phenoxy) is 1. The van der Waals surface area contributed by atoms with Crippen molar-refractivity contribution in [2.24, 2.45) is 0 Å². The van der Waals surface area contributed by atoms with Crippen LogP contribution in [0.5, 0.6) is 11.6 Å². The zero-order valence-electron chi connectivity index (χ0n) is 12.5. The van der Waals surface area contributed by atoms with Gasteiger partial charge < -0.3 is 9.84 Å². The van der Waals surface area contributed by atoms with Gasteiger partial charge in [-0.3, -0.25) is 0 Å². The lowest BCUT2D eigenvalue weighted by molar-refractivity contribution is 0.281. The van der Waals surface area contributed by atoms with Crippen LogP contribution in [-0.2, 0) is 12.0 Å². The van der Waals surface area contributed by atoms with Gasteiger partial charge in [-0.1, -0.05) is 39.0 Å². The summed E-state index contributed by atoms with van der Waals surface area (Å²) in [6, 6.07) is 9.90. The van der Waals surface area contributed by atoms with E-state index in [1.807, 2.05) is 31.2 Å². The van der Waals surface area contributed by atoms with Crippen molar-refractivity contribution < 1.29 is 9.84 Å². The van der Waals surface area contributed by atoms with E-state index in [9.17, 15) is 0 Å². The number of pyridine rings is 1. The summed E-state index contributed by atoms with van der Waals surface area (Å²) >= 11 is 0. The molecule has 3 nitrogen and oxygen atoms in total. The molecule has 0 amide bonds. The number of aliphatic hydroxyl groups excluding tert-OH is 1. The molecule has 0 fully saturated rings. The molecule has 0 aliphatic carbocycles. The van der Waals surface area contributed by atoms with Crippen LogP contribution in [0.1, 0.15) is 37.5 Å². The Morgan fingerprint density at radius 1 is 1.20 bits per heavy atom. The van der Waals surface area contributed by atoms with Crippen LogP contribution in [0.25, 0.3) is 0 Å². The highest BCUT2D eigenvalue weighted by Gasteiger charge is 2.19. The molecule has 2 rings (SSSR count). The smallest absolute Gasteiger partial charge is 0.222 e. The molecule has 1 aromatic heterocycles. The van der Waals surface area contributed by atoms with E-state index < -0.39 is 0 Å². The van der Waals surface area contributed by atoms with Crippen LogP contribution in [-0.4, -0.2) is 10.1 Å². The van der Waals surface area contributed by atoms with Crippen LogP contribution in [0.15, 0.2) is 36.5 Å². The van der Waals surface area contributed by atoms with Crippen molar-refractivity contribution in [1.29, 1.82) is 0 Å². The average molecular weight is 271 g/mol. The number of benzene rings is 1. The van der Waals surface area contributed by atoms with Gasteiger partial charge in [-0.2, -0.15) is 0 Å². The minimum absolute atomic E-state index is 0.00724. The quantitative estimate of drug-likeness (QED) is 0.918. The Labute approximate surface area is 120 Å². The summed E-state index contributed by atoms with van der Waals surface area (Å²) in [6.07, 6.45) is 1.64. The normalized spacial score (nSPS) is 11.4. The molecular weight excluding hydrogens is 250 g/mol. The largest absolute Gasteiger partial charge is 0.438 e. The third-order valence-electron chi connectivity index (χ3n) is 3.17. The van der Waals surface area contributed by atoms with Crippen molar-refractivity contribution in [2.45, 2.75) is 39.7 Å². The predicted molar refractivity (Wildman–Crippen MR) is 80.1 cm³/mol. The Morgan fingerprint density at radius 2 is 1.90 bits per heavy atom. The first-order valence-electron chi connectivity index (χ1n) is 6.75. The fourth-order valence-electron chi connectivity index (χ4n) is 2.09. The second-order valence-electron chi connectivity index (χ2n) is 5.97. The van der Waals surface area contributed by atoms with Gasteiger partial charge in [-0.05, 0) is 30.0 Å². The number of aromatic nitrogens is 1. The van der Waals surface area contributed by atoms with Crippen LogP contribution >= 0.6 is 0 Å². The van der Waals surface area contributed by atoms with Crippen molar-refractivity contribution >= 4 is 0 Å². The van der Waals surface area contributed by atoms with E-state index in [-0.39, 0.29) is 12.0 Å². The molecule has 2 aromatic rings.